The lowest BCUT2D eigenvalue weighted by Gasteiger charge is -2.32. The van der Waals surface area contributed by atoms with Crippen LogP contribution < -0.4 is 4.90 Å². The molecule has 2 aromatic heterocycles. The van der Waals surface area contributed by atoms with Crippen LogP contribution in [0.15, 0.2) is 42.7 Å². The van der Waals surface area contributed by atoms with Crippen molar-refractivity contribution in [3.05, 3.63) is 59.4 Å². The summed E-state index contributed by atoms with van der Waals surface area (Å²) in [5.74, 6) is 1.20. The molecule has 4 aliphatic rings. The van der Waals surface area contributed by atoms with E-state index in [4.69, 9.17) is 9.72 Å². The highest BCUT2D eigenvalue weighted by Crippen LogP contribution is 2.37. The normalized spacial score (nSPS) is 23.5. The lowest BCUT2D eigenvalue weighted by atomic mass is 10.0. The number of likely N-dealkylation sites (tertiary alicyclic amines) is 1. The minimum Gasteiger partial charge on any atom is -0.371 e. The molecule has 2 bridgehead atoms. The molecule has 3 fully saturated rings. The van der Waals surface area contributed by atoms with E-state index in [-0.39, 0.29) is 24.0 Å². The van der Waals surface area contributed by atoms with Crippen molar-refractivity contribution in [3.63, 3.8) is 0 Å². The lowest BCUT2D eigenvalue weighted by molar-refractivity contribution is -0.0303. The molecule has 3 aromatic rings. The maximum absolute atomic E-state index is 13.2. The Morgan fingerprint density at radius 1 is 1.03 bits per heavy atom. The number of hydrogen-bond acceptors (Lipinski definition) is 6. The molecular weight excluding hydrogens is 432 g/mol. The number of carbonyl (C=O) groups is 2. The molecule has 5 heterocycles. The maximum Gasteiger partial charge on any atom is 0.260 e. The molecule has 2 amide bonds. The van der Waals surface area contributed by atoms with Crippen LogP contribution in [0.5, 0.6) is 0 Å². The number of morpholine rings is 1. The van der Waals surface area contributed by atoms with Crippen molar-refractivity contribution in [1.82, 2.24) is 24.6 Å². The first kappa shape index (κ1) is 19.8. The Bertz CT molecular complexity index is 1300. The zero-order valence-corrected chi connectivity index (χ0v) is 18.6. The molecule has 1 aromatic carbocycles. The van der Waals surface area contributed by atoms with E-state index in [0.29, 0.717) is 48.3 Å². The van der Waals surface area contributed by atoms with E-state index in [9.17, 15) is 9.59 Å². The molecule has 0 spiro atoms. The van der Waals surface area contributed by atoms with Gasteiger partial charge in [0.2, 0.25) is 0 Å². The Balaban J connectivity index is 1.14. The topological polar surface area (TPSA) is 93.5 Å². The van der Waals surface area contributed by atoms with E-state index in [2.05, 4.69) is 14.8 Å². The number of rotatable bonds is 4. The van der Waals surface area contributed by atoms with Gasteiger partial charge in [0.1, 0.15) is 17.8 Å². The molecule has 34 heavy (non-hydrogen) atoms. The predicted octanol–water partition coefficient (Wildman–Crippen LogP) is 2.84. The first-order valence-corrected chi connectivity index (χ1v) is 11.9. The summed E-state index contributed by atoms with van der Waals surface area (Å²) in [5, 5.41) is 8.32. The van der Waals surface area contributed by atoms with Gasteiger partial charge in [0, 0.05) is 30.3 Å². The van der Waals surface area contributed by atoms with Crippen molar-refractivity contribution in [2.24, 2.45) is 0 Å². The van der Waals surface area contributed by atoms with E-state index in [0.717, 1.165) is 37.1 Å². The zero-order chi connectivity index (χ0) is 22.8. The van der Waals surface area contributed by atoms with Gasteiger partial charge in [0.05, 0.1) is 18.8 Å². The second-order valence-corrected chi connectivity index (χ2v) is 9.60. The van der Waals surface area contributed by atoms with Crippen LogP contribution >= 0.6 is 0 Å². The van der Waals surface area contributed by atoms with Crippen LogP contribution in [0.1, 0.15) is 58.0 Å². The number of hydrogen-bond donors (Lipinski definition) is 0. The fourth-order valence-corrected chi connectivity index (χ4v) is 5.35. The number of amides is 2. The first-order chi connectivity index (χ1) is 16.6. The number of fused-ring (bicyclic) bond motifs is 3. The number of benzene rings is 1. The molecule has 0 unspecified atom stereocenters. The van der Waals surface area contributed by atoms with E-state index < -0.39 is 0 Å². The number of anilines is 1. The molecule has 9 nitrogen and oxygen atoms in total. The number of ether oxygens (including phenoxy) is 1. The van der Waals surface area contributed by atoms with Gasteiger partial charge in [-0.15, -0.1) is 10.2 Å². The zero-order valence-electron chi connectivity index (χ0n) is 18.6. The van der Waals surface area contributed by atoms with Crippen molar-refractivity contribution in [2.75, 3.05) is 18.0 Å². The van der Waals surface area contributed by atoms with Gasteiger partial charge in [-0.2, -0.15) is 0 Å². The molecule has 0 N–H and O–H groups in total. The summed E-state index contributed by atoms with van der Waals surface area (Å²) in [5.41, 5.74) is 2.78. The second kappa shape index (κ2) is 7.46. The number of aromatic nitrogens is 4. The predicted molar refractivity (Wildman–Crippen MR) is 122 cm³/mol. The first-order valence-electron chi connectivity index (χ1n) is 11.9. The summed E-state index contributed by atoms with van der Waals surface area (Å²) in [7, 11) is 0. The Labute approximate surface area is 196 Å². The lowest BCUT2D eigenvalue weighted by Crippen LogP contribution is -2.45. The van der Waals surface area contributed by atoms with Crippen LogP contribution in [0.3, 0.4) is 0 Å². The van der Waals surface area contributed by atoms with Crippen LogP contribution in [0, 0.1) is 0 Å². The van der Waals surface area contributed by atoms with E-state index in [1.807, 2.05) is 29.2 Å². The molecule has 1 aliphatic carbocycles. The van der Waals surface area contributed by atoms with Crippen LogP contribution in [0.4, 0.5) is 5.82 Å². The van der Waals surface area contributed by atoms with E-state index in [1.54, 1.807) is 23.4 Å². The Kier molecular flexibility index (Phi) is 4.35. The molecule has 7 rings (SSSR count). The van der Waals surface area contributed by atoms with Gasteiger partial charge in [-0.1, -0.05) is 6.07 Å². The van der Waals surface area contributed by atoms with Crippen molar-refractivity contribution < 1.29 is 14.3 Å². The highest BCUT2D eigenvalue weighted by molar-refractivity contribution is 6.10. The molecular formula is C25H24N6O3. The van der Waals surface area contributed by atoms with Crippen LogP contribution in [0.2, 0.25) is 0 Å². The molecule has 9 heteroatoms. The third kappa shape index (κ3) is 3.22. The van der Waals surface area contributed by atoms with Gasteiger partial charge < -0.3 is 14.2 Å². The van der Waals surface area contributed by atoms with E-state index >= 15 is 0 Å². The van der Waals surface area contributed by atoms with Crippen LogP contribution in [-0.4, -0.2) is 61.8 Å². The molecule has 3 aliphatic heterocycles. The fourth-order valence-electron chi connectivity index (χ4n) is 5.35. The average molecular weight is 457 g/mol. The second-order valence-electron chi connectivity index (χ2n) is 9.60. The van der Waals surface area contributed by atoms with Gasteiger partial charge >= 0.3 is 0 Å². The fraction of sp³-hybridized carbons (Fsp3) is 0.400. The van der Waals surface area contributed by atoms with Crippen molar-refractivity contribution in [2.45, 2.75) is 50.5 Å². The van der Waals surface area contributed by atoms with Gasteiger partial charge in [0.25, 0.3) is 11.8 Å². The van der Waals surface area contributed by atoms with Gasteiger partial charge in [0.15, 0.2) is 5.82 Å². The van der Waals surface area contributed by atoms with Gasteiger partial charge in [-0.25, -0.2) is 4.98 Å². The maximum atomic E-state index is 13.2. The van der Waals surface area contributed by atoms with Crippen molar-refractivity contribution in [1.29, 1.82) is 0 Å². The highest BCUT2D eigenvalue weighted by Gasteiger charge is 2.37. The summed E-state index contributed by atoms with van der Waals surface area (Å²) >= 11 is 0. The Morgan fingerprint density at radius 3 is 2.65 bits per heavy atom. The van der Waals surface area contributed by atoms with E-state index in [1.165, 1.54) is 0 Å². The SMILES string of the molecule is O=C(c1ccc2c(c1)CN(c1cccc(-c3nncn3C3CC3)n1)C2=O)N1C[C@H]2CC[C@@H](C1)O2. The van der Waals surface area contributed by atoms with Crippen molar-refractivity contribution >= 4 is 17.6 Å². The molecule has 2 atom stereocenters. The molecule has 0 radical (unpaired) electrons. The van der Waals surface area contributed by atoms with Crippen LogP contribution in [0.25, 0.3) is 11.5 Å². The quantitative estimate of drug-likeness (QED) is 0.599. The van der Waals surface area contributed by atoms with Crippen LogP contribution in [-0.2, 0) is 11.3 Å². The monoisotopic (exact) mass is 456 g/mol. The standard InChI is InChI=1S/C25H24N6O3/c32-24(29-12-18-7-8-19(13-29)34-18)15-4-9-20-16(10-15)11-30(25(20)33)22-3-1-2-21(27-22)23-28-26-14-31(23)17-5-6-17/h1-4,9-10,14,17-19H,5-8,11-13H2/t18-,19+. The molecule has 2 saturated heterocycles. The number of nitrogens with zero attached hydrogens (tertiary/aromatic N) is 6. The number of carbonyl (C=O) groups excluding carboxylic acids is 2. The average Bonchev–Trinajstić information content (AvgIpc) is 3.35. The Morgan fingerprint density at radius 2 is 1.85 bits per heavy atom. The van der Waals surface area contributed by atoms with Crippen molar-refractivity contribution in [3.8, 4) is 11.5 Å². The largest absolute Gasteiger partial charge is 0.371 e. The number of pyridine rings is 1. The minimum atomic E-state index is -0.105. The smallest absolute Gasteiger partial charge is 0.260 e. The summed E-state index contributed by atoms with van der Waals surface area (Å²) < 4.78 is 7.92. The summed E-state index contributed by atoms with van der Waals surface area (Å²) in [6.07, 6.45) is 6.33. The van der Waals surface area contributed by atoms with Gasteiger partial charge in [-0.3, -0.25) is 14.5 Å². The minimum absolute atomic E-state index is 0.00781. The molecule has 1 saturated carbocycles. The third-order valence-electron chi connectivity index (χ3n) is 7.24. The summed E-state index contributed by atoms with van der Waals surface area (Å²) in [4.78, 5) is 34.7. The van der Waals surface area contributed by atoms with Gasteiger partial charge in [-0.05, 0) is 61.6 Å². The highest BCUT2D eigenvalue weighted by atomic mass is 16.5. The third-order valence-corrected chi connectivity index (χ3v) is 7.24. The summed E-state index contributed by atoms with van der Waals surface area (Å²) in [6.45, 7) is 1.66. The Hall–Kier alpha value is -3.59. The molecule has 172 valence electrons. The summed E-state index contributed by atoms with van der Waals surface area (Å²) in [6, 6.07) is 11.5.